The summed E-state index contributed by atoms with van der Waals surface area (Å²) in [6.45, 7) is 1.15. The highest BCUT2D eigenvalue weighted by Gasteiger charge is 2.55. The van der Waals surface area contributed by atoms with Crippen LogP contribution < -0.4 is 10.2 Å². The number of hydrogen-bond donors (Lipinski definition) is 3. The Morgan fingerprint density at radius 3 is 2.47 bits per heavy atom. The zero-order valence-electron chi connectivity index (χ0n) is 19.6. The van der Waals surface area contributed by atoms with Crippen molar-refractivity contribution in [2.24, 2.45) is 23.7 Å². The molecule has 0 aromatic carbocycles. The molecule has 0 spiro atoms. The van der Waals surface area contributed by atoms with Crippen LogP contribution in [0.15, 0.2) is 17.2 Å². The number of aromatic nitrogens is 1. The van der Waals surface area contributed by atoms with E-state index in [2.05, 4.69) is 5.32 Å². The molecule has 5 saturated carbocycles. The van der Waals surface area contributed by atoms with Crippen molar-refractivity contribution in [3.63, 3.8) is 0 Å². The van der Waals surface area contributed by atoms with Gasteiger partial charge in [0, 0.05) is 24.4 Å². The summed E-state index contributed by atoms with van der Waals surface area (Å²) in [4.78, 5) is 31.9. The Kier molecular flexibility index (Phi) is 5.79. The molecule has 184 valence electrons. The molecule has 0 radical (unpaired) electrons. The molecule has 7 rings (SSSR count). The molecule has 8 heteroatoms. The van der Waals surface area contributed by atoms with Gasteiger partial charge in [-0.05, 0) is 81.3 Å². The molecular formula is C26H35N3O4S. The molecule has 1 aromatic heterocycles. The van der Waals surface area contributed by atoms with E-state index in [1.54, 1.807) is 11.8 Å². The predicted molar refractivity (Wildman–Crippen MR) is 130 cm³/mol. The van der Waals surface area contributed by atoms with Gasteiger partial charge in [-0.15, -0.1) is 11.8 Å². The van der Waals surface area contributed by atoms with E-state index in [0.717, 1.165) is 55.8 Å². The smallest absolute Gasteiger partial charge is 0.308 e. The normalized spacial score (nSPS) is 36.9. The summed E-state index contributed by atoms with van der Waals surface area (Å²) in [5.41, 5.74) is 0.135. The number of aliphatic carboxylic acids is 1. The summed E-state index contributed by atoms with van der Waals surface area (Å²) >= 11 is 1.72. The lowest BCUT2D eigenvalue weighted by Gasteiger charge is -2.58. The maximum absolute atomic E-state index is 13.6. The van der Waals surface area contributed by atoms with Crippen molar-refractivity contribution in [2.75, 3.05) is 18.0 Å². The average molecular weight is 486 g/mol. The van der Waals surface area contributed by atoms with E-state index in [-0.39, 0.29) is 17.9 Å². The van der Waals surface area contributed by atoms with Crippen LogP contribution in [0.25, 0.3) is 0 Å². The van der Waals surface area contributed by atoms with Crippen molar-refractivity contribution < 1.29 is 19.8 Å². The molecule has 1 aromatic rings. The summed E-state index contributed by atoms with van der Waals surface area (Å²) in [5.74, 6) is 0.973. The summed E-state index contributed by atoms with van der Waals surface area (Å²) in [6.07, 6.45) is 10.2. The van der Waals surface area contributed by atoms with Crippen LogP contribution in [0.2, 0.25) is 0 Å². The monoisotopic (exact) mass is 485 g/mol. The highest BCUT2D eigenvalue weighted by atomic mass is 32.2. The van der Waals surface area contributed by atoms with E-state index >= 15 is 0 Å². The summed E-state index contributed by atoms with van der Waals surface area (Å²) in [7, 11) is 0. The first-order chi connectivity index (χ1) is 16.4. The van der Waals surface area contributed by atoms with Gasteiger partial charge in [0.2, 0.25) is 0 Å². The molecular weight excluding hydrogens is 450 g/mol. The fourth-order valence-electron chi connectivity index (χ4n) is 7.65. The van der Waals surface area contributed by atoms with Gasteiger partial charge >= 0.3 is 5.97 Å². The molecule has 6 aliphatic rings. The molecule has 1 saturated heterocycles. The van der Waals surface area contributed by atoms with Gasteiger partial charge in [-0.25, -0.2) is 4.98 Å². The zero-order valence-corrected chi connectivity index (χ0v) is 20.4. The van der Waals surface area contributed by atoms with Crippen LogP contribution in [0.4, 0.5) is 5.82 Å². The first-order valence-electron chi connectivity index (χ1n) is 13.1. The predicted octanol–water partition coefficient (Wildman–Crippen LogP) is 3.70. The Labute approximate surface area is 205 Å². The number of rotatable bonds is 6. The van der Waals surface area contributed by atoms with E-state index in [9.17, 15) is 19.8 Å². The largest absolute Gasteiger partial charge is 0.481 e. The van der Waals surface area contributed by atoms with Gasteiger partial charge in [0.25, 0.3) is 5.91 Å². The average Bonchev–Trinajstić information content (AvgIpc) is 3.47. The van der Waals surface area contributed by atoms with Crippen LogP contribution in [-0.2, 0) is 4.79 Å². The fraction of sp³-hybridized carbons (Fsp3) is 0.731. The van der Waals surface area contributed by atoms with Crippen LogP contribution in [-0.4, -0.2) is 57.1 Å². The Bertz CT molecular complexity index is 965. The molecule has 5 aliphatic carbocycles. The number of pyridine rings is 1. The van der Waals surface area contributed by atoms with Crippen molar-refractivity contribution in [2.45, 2.75) is 86.1 Å². The zero-order chi connectivity index (χ0) is 23.4. The number of carboxylic acid groups (broad SMARTS) is 1. The van der Waals surface area contributed by atoms with Crippen molar-refractivity contribution >= 4 is 29.5 Å². The summed E-state index contributed by atoms with van der Waals surface area (Å²) < 4.78 is 0. The van der Waals surface area contributed by atoms with Crippen LogP contribution >= 0.6 is 11.8 Å². The highest BCUT2D eigenvalue weighted by molar-refractivity contribution is 7.99. The topological polar surface area (TPSA) is 103 Å². The third kappa shape index (κ3) is 4.21. The van der Waals surface area contributed by atoms with Crippen molar-refractivity contribution in [3.8, 4) is 0 Å². The minimum Gasteiger partial charge on any atom is -0.481 e. The third-order valence-electron chi connectivity index (χ3n) is 9.07. The number of thioether (sulfide) groups is 1. The van der Waals surface area contributed by atoms with Crippen LogP contribution in [0, 0.1) is 23.7 Å². The number of carboxylic acids is 1. The van der Waals surface area contributed by atoms with E-state index < -0.39 is 11.6 Å². The van der Waals surface area contributed by atoms with Crippen LogP contribution in [0.3, 0.4) is 0 Å². The molecule has 6 atom stereocenters. The Hall–Kier alpha value is -1.80. The van der Waals surface area contributed by atoms with E-state index in [4.69, 9.17) is 4.98 Å². The maximum atomic E-state index is 13.6. The van der Waals surface area contributed by atoms with Gasteiger partial charge in [0.1, 0.15) is 10.8 Å². The molecule has 3 unspecified atom stereocenters. The second kappa shape index (κ2) is 8.70. The lowest BCUT2D eigenvalue weighted by atomic mass is 9.52. The lowest BCUT2D eigenvalue weighted by Crippen LogP contribution is -2.61. The van der Waals surface area contributed by atoms with Crippen molar-refractivity contribution in [1.82, 2.24) is 10.3 Å². The summed E-state index contributed by atoms with van der Waals surface area (Å²) in [5, 5.41) is 24.9. The van der Waals surface area contributed by atoms with Gasteiger partial charge in [-0.2, -0.15) is 0 Å². The molecule has 1 amide bonds. The van der Waals surface area contributed by atoms with Crippen LogP contribution in [0.5, 0.6) is 0 Å². The molecule has 7 nitrogen and oxygen atoms in total. The Morgan fingerprint density at radius 2 is 1.82 bits per heavy atom. The standard InChI is InChI=1S/C26H35N3O4S/c30-23(28-22-17-9-15-10-18(22)13-26(33,11-15)12-17)20-5-6-21(29-8-7-16(14-29)25(31)32)27-24(20)34-19-3-1-2-4-19/h5-6,15-19,22,33H,1-4,7-14H2,(H,28,30)(H,31,32)/t15?,16?,17-,18?,22-,26+/m1/s1. The second-order valence-corrected chi connectivity index (χ2v) is 12.8. The minimum absolute atomic E-state index is 0.0474. The first-order valence-corrected chi connectivity index (χ1v) is 13.9. The minimum atomic E-state index is -0.751. The van der Waals surface area contributed by atoms with Gasteiger partial charge in [-0.1, -0.05) is 12.8 Å². The van der Waals surface area contributed by atoms with Crippen molar-refractivity contribution in [3.05, 3.63) is 17.7 Å². The number of hydrogen-bond acceptors (Lipinski definition) is 6. The third-order valence-corrected chi connectivity index (χ3v) is 10.4. The molecule has 1 aliphatic heterocycles. The number of nitrogens with one attached hydrogen (secondary N) is 1. The van der Waals surface area contributed by atoms with Gasteiger partial charge in [0.05, 0.1) is 17.1 Å². The van der Waals surface area contributed by atoms with Gasteiger partial charge < -0.3 is 20.4 Å². The van der Waals surface area contributed by atoms with Crippen LogP contribution in [0.1, 0.15) is 74.6 Å². The number of aliphatic hydroxyl groups is 1. The van der Waals surface area contributed by atoms with E-state index in [1.807, 2.05) is 17.0 Å². The molecule has 2 heterocycles. The van der Waals surface area contributed by atoms with Gasteiger partial charge in [0.15, 0.2) is 0 Å². The van der Waals surface area contributed by atoms with Gasteiger partial charge in [-0.3, -0.25) is 9.59 Å². The number of amides is 1. The molecule has 34 heavy (non-hydrogen) atoms. The number of carbonyl (C=O) groups excluding carboxylic acids is 1. The molecule has 6 fully saturated rings. The van der Waals surface area contributed by atoms with Crippen molar-refractivity contribution in [1.29, 1.82) is 0 Å². The number of anilines is 1. The number of nitrogens with zero attached hydrogens (tertiary/aromatic N) is 2. The highest BCUT2D eigenvalue weighted by Crippen LogP contribution is 2.55. The Balaban J connectivity index is 1.22. The quantitative estimate of drug-likeness (QED) is 0.565. The lowest BCUT2D eigenvalue weighted by molar-refractivity contribution is -0.141. The fourth-order valence-corrected chi connectivity index (χ4v) is 8.97. The first kappa shape index (κ1) is 22.7. The molecule has 4 bridgehead atoms. The number of carbonyl (C=O) groups is 2. The maximum Gasteiger partial charge on any atom is 0.308 e. The SMILES string of the molecule is O=C(N[C@H]1C2CC3C[C@@H]1C[C@@](O)(C3)C2)c1ccc(N2CCC(C(=O)O)C2)nc1SC1CCCC1. The Morgan fingerprint density at radius 1 is 1.09 bits per heavy atom. The summed E-state index contributed by atoms with van der Waals surface area (Å²) in [6, 6.07) is 3.92. The van der Waals surface area contributed by atoms with E-state index in [0.29, 0.717) is 48.1 Å². The molecule has 3 N–H and O–H groups in total. The van der Waals surface area contributed by atoms with E-state index in [1.165, 1.54) is 12.8 Å². The second-order valence-electron chi connectivity index (χ2n) is 11.5.